The summed E-state index contributed by atoms with van der Waals surface area (Å²) in [6.45, 7) is 0. The Balaban J connectivity index is 1.60. The molecular formula is C20H16N7OS-. The molecule has 4 N–H and O–H groups in total. The van der Waals surface area contributed by atoms with E-state index < -0.39 is 10.6 Å². The first-order valence-electron chi connectivity index (χ1n) is 8.63. The highest BCUT2D eigenvalue weighted by Crippen LogP contribution is 2.19. The number of aromatic nitrogens is 4. The molecule has 0 saturated carbocycles. The Kier molecular flexibility index (Phi) is 5.09. The topological polar surface area (TPSA) is 119 Å². The van der Waals surface area contributed by atoms with Gasteiger partial charge in [0.25, 0.3) is 0 Å². The van der Waals surface area contributed by atoms with Gasteiger partial charge in [-0.25, -0.2) is 4.98 Å². The van der Waals surface area contributed by atoms with Crippen LogP contribution in [0.5, 0.6) is 0 Å². The first kappa shape index (κ1) is 18.5. The summed E-state index contributed by atoms with van der Waals surface area (Å²) in [6.07, 6.45) is 3.40. The molecule has 29 heavy (non-hydrogen) atoms. The second-order valence-electron chi connectivity index (χ2n) is 6.01. The number of nitrogens with one attached hydrogen (secondary N) is 4. The molecule has 0 fully saturated rings. The second kappa shape index (κ2) is 8.00. The van der Waals surface area contributed by atoms with Crippen molar-refractivity contribution in [2.45, 2.75) is 4.90 Å². The van der Waals surface area contributed by atoms with Gasteiger partial charge in [0.15, 0.2) is 0 Å². The van der Waals surface area contributed by atoms with Gasteiger partial charge in [0.1, 0.15) is 5.82 Å². The maximum atomic E-state index is 11.2. The van der Waals surface area contributed by atoms with E-state index in [0.717, 1.165) is 22.2 Å². The molecule has 0 spiro atoms. The number of benzene rings is 2. The molecule has 0 amide bonds. The Morgan fingerprint density at radius 2 is 1.86 bits per heavy atom. The zero-order valence-corrected chi connectivity index (χ0v) is 16.2. The summed E-state index contributed by atoms with van der Waals surface area (Å²) in [5.74, 6) is 7.26. The van der Waals surface area contributed by atoms with Crippen LogP contribution >= 0.6 is 0 Å². The normalized spacial score (nSPS) is 10.6. The number of hydrogen-bond acceptors (Lipinski definition) is 8. The van der Waals surface area contributed by atoms with Gasteiger partial charge in [-0.15, -0.1) is 0 Å². The van der Waals surface area contributed by atoms with E-state index >= 15 is 0 Å². The van der Waals surface area contributed by atoms with Gasteiger partial charge in [0.2, 0.25) is 5.95 Å². The van der Waals surface area contributed by atoms with E-state index in [-0.39, 0.29) is 0 Å². The molecule has 2 aromatic carbocycles. The minimum absolute atomic E-state index is 0.400. The van der Waals surface area contributed by atoms with Crippen molar-refractivity contribution in [2.24, 2.45) is 0 Å². The fraction of sp³-hybridized carbons (Fsp3) is 0.0500. The minimum Gasteiger partial charge on any atom is -0.440 e. The van der Waals surface area contributed by atoms with Crippen LogP contribution in [-0.2, 0) is 14.8 Å². The molecule has 2 heterocycles. The first-order chi connectivity index (χ1) is 14.1. The van der Waals surface area contributed by atoms with E-state index in [1.54, 1.807) is 43.7 Å². The molecule has 0 aliphatic rings. The van der Waals surface area contributed by atoms with Crippen LogP contribution in [0.2, 0.25) is 0 Å². The molecule has 8 nitrogen and oxygen atoms in total. The van der Waals surface area contributed by atoms with E-state index in [1.807, 2.05) is 18.2 Å². The molecule has 2 aromatic heterocycles. The Bertz CT molecular complexity index is 1310. The molecule has 0 atom stereocenters. The summed E-state index contributed by atoms with van der Waals surface area (Å²) in [4.78, 5) is 9.22. The highest BCUT2D eigenvalue weighted by atomic mass is 32.2. The van der Waals surface area contributed by atoms with Crippen LogP contribution in [0.15, 0.2) is 59.8 Å². The Morgan fingerprint density at radius 1 is 1.07 bits per heavy atom. The van der Waals surface area contributed by atoms with E-state index in [4.69, 9.17) is 4.78 Å². The largest absolute Gasteiger partial charge is 0.440 e. The standard InChI is InChI=1S/C20H16N7OS/c1-22-19-14(6-5-13-3-2-4-18-17(13)12-24-27-18)11-23-20(26-19)25-15-7-9-16(10-8-15)29(21)28/h2-4,7-12,21H,1H3,(H,24,27)(H2,22,23,25,26)/q-1. The number of aromatic amines is 1. The maximum Gasteiger partial charge on any atom is 0.229 e. The third kappa shape index (κ3) is 4.02. The zero-order valence-electron chi connectivity index (χ0n) is 15.4. The van der Waals surface area contributed by atoms with Gasteiger partial charge in [-0.2, -0.15) is 20.7 Å². The van der Waals surface area contributed by atoms with Crippen molar-refractivity contribution in [1.82, 2.24) is 20.2 Å². The number of hydrogen-bond donors (Lipinski definition) is 4. The molecular weight excluding hydrogens is 386 g/mol. The Morgan fingerprint density at radius 3 is 2.62 bits per heavy atom. The van der Waals surface area contributed by atoms with Crippen LogP contribution in [0.3, 0.4) is 0 Å². The smallest absolute Gasteiger partial charge is 0.229 e. The summed E-state index contributed by atoms with van der Waals surface area (Å²) in [5.41, 5.74) is 3.19. The lowest BCUT2D eigenvalue weighted by atomic mass is 10.1. The van der Waals surface area contributed by atoms with Crippen LogP contribution < -0.4 is 10.6 Å². The molecule has 0 aliphatic heterocycles. The number of anilines is 3. The van der Waals surface area contributed by atoms with E-state index in [9.17, 15) is 4.21 Å². The molecule has 0 unspecified atom stereocenters. The molecule has 0 bridgehead atoms. The second-order valence-corrected chi connectivity index (χ2v) is 7.02. The predicted octanol–water partition coefficient (Wildman–Crippen LogP) is 3.62. The van der Waals surface area contributed by atoms with Gasteiger partial charge in [-0.05, 0) is 24.3 Å². The monoisotopic (exact) mass is 402 g/mol. The number of H-pyrrole nitrogens is 1. The Hall–Kier alpha value is -3.90. The quantitative estimate of drug-likeness (QED) is 0.306. The van der Waals surface area contributed by atoms with Crippen molar-refractivity contribution in [3.8, 4) is 11.8 Å². The van der Waals surface area contributed by atoms with Gasteiger partial charge in [-0.3, -0.25) is 5.10 Å². The fourth-order valence-electron chi connectivity index (χ4n) is 2.73. The lowest BCUT2D eigenvalue weighted by molar-refractivity contribution is 0.599. The van der Waals surface area contributed by atoms with E-state index in [1.165, 1.54) is 0 Å². The van der Waals surface area contributed by atoms with E-state index in [0.29, 0.717) is 22.2 Å². The summed E-state index contributed by atoms with van der Waals surface area (Å²) in [6, 6.07) is 12.5. The minimum atomic E-state index is -1.76. The van der Waals surface area contributed by atoms with Crippen LogP contribution in [0.25, 0.3) is 10.9 Å². The molecule has 0 aliphatic carbocycles. The van der Waals surface area contributed by atoms with Crippen molar-refractivity contribution >= 4 is 39.0 Å². The summed E-state index contributed by atoms with van der Waals surface area (Å²) >= 11 is 0. The first-order valence-corrected chi connectivity index (χ1v) is 9.78. The highest BCUT2D eigenvalue weighted by Gasteiger charge is 2.05. The number of rotatable bonds is 4. The van der Waals surface area contributed by atoms with Crippen molar-refractivity contribution < 1.29 is 4.21 Å². The summed E-state index contributed by atoms with van der Waals surface area (Å²) < 4.78 is 18.4. The van der Waals surface area contributed by atoms with Gasteiger partial charge in [0, 0.05) is 23.7 Å². The average Bonchev–Trinajstić information content (AvgIpc) is 3.22. The van der Waals surface area contributed by atoms with Crippen molar-refractivity contribution in [3.63, 3.8) is 0 Å². The fourth-order valence-corrected chi connectivity index (χ4v) is 3.11. The van der Waals surface area contributed by atoms with Gasteiger partial charge in [-0.1, -0.05) is 34.9 Å². The molecule has 4 rings (SSSR count). The lowest BCUT2D eigenvalue weighted by Gasteiger charge is -2.09. The van der Waals surface area contributed by atoms with Crippen molar-refractivity contribution in [3.05, 3.63) is 66.0 Å². The van der Waals surface area contributed by atoms with E-state index in [2.05, 4.69) is 42.6 Å². The summed E-state index contributed by atoms with van der Waals surface area (Å²) in [5, 5.41) is 14.1. The third-order valence-electron chi connectivity index (χ3n) is 4.17. The van der Waals surface area contributed by atoms with Crippen LogP contribution in [-0.4, -0.2) is 27.2 Å². The van der Waals surface area contributed by atoms with Gasteiger partial charge >= 0.3 is 0 Å². The third-order valence-corrected chi connectivity index (χ3v) is 4.87. The van der Waals surface area contributed by atoms with Crippen molar-refractivity contribution in [1.29, 1.82) is 4.78 Å². The number of fused-ring (bicyclic) bond motifs is 1. The molecule has 144 valence electrons. The Labute approximate surface area is 168 Å². The molecule has 4 aromatic rings. The van der Waals surface area contributed by atoms with Crippen LogP contribution in [0.1, 0.15) is 11.1 Å². The zero-order chi connectivity index (χ0) is 20.2. The predicted molar refractivity (Wildman–Crippen MR) is 112 cm³/mol. The SMILES string of the molecule is CNc1nc(Nc2ccc([S-](=N)=O)cc2)ncc1C#Cc1cccc2[nH]ncc12. The highest BCUT2D eigenvalue weighted by molar-refractivity contribution is 7.73. The van der Waals surface area contributed by atoms with Crippen LogP contribution in [0.4, 0.5) is 17.5 Å². The number of nitrogens with zero attached hydrogens (tertiary/aromatic N) is 3. The average molecular weight is 402 g/mol. The van der Waals surface area contributed by atoms with Gasteiger partial charge in [0.05, 0.1) is 23.5 Å². The van der Waals surface area contributed by atoms with Gasteiger partial charge < -0.3 is 19.6 Å². The molecule has 0 saturated heterocycles. The molecule has 0 radical (unpaired) electrons. The van der Waals surface area contributed by atoms with Crippen LogP contribution in [0, 0.1) is 16.6 Å². The maximum absolute atomic E-state index is 11.2. The molecule has 9 heteroatoms. The van der Waals surface area contributed by atoms with Crippen molar-refractivity contribution in [2.75, 3.05) is 17.7 Å². The lowest BCUT2D eigenvalue weighted by Crippen LogP contribution is -2.03. The summed E-state index contributed by atoms with van der Waals surface area (Å²) in [7, 11) is 0.0136.